The highest BCUT2D eigenvalue weighted by Gasteiger charge is 2.45. The Balaban J connectivity index is 2.28. The van der Waals surface area contributed by atoms with E-state index in [1.165, 1.54) is 45.4 Å². The zero-order valence-electron chi connectivity index (χ0n) is 16.2. The maximum Gasteiger partial charge on any atom is 0.217 e. The lowest BCUT2D eigenvalue weighted by atomic mass is 9.97. The SMILES string of the molecule is CCCCCCCCCCCO[C@H]1O[C@@H](CO)[C@H](O)[C@@H](O)[C@@H]1NC(C)=O. The van der Waals surface area contributed by atoms with Crippen LogP contribution in [0.15, 0.2) is 0 Å². The number of aliphatic hydroxyl groups is 3. The molecule has 0 aromatic heterocycles. The van der Waals surface area contributed by atoms with Crippen molar-refractivity contribution in [3.05, 3.63) is 0 Å². The normalized spacial score (nSPS) is 28.9. The van der Waals surface area contributed by atoms with Gasteiger partial charge in [0, 0.05) is 13.5 Å². The van der Waals surface area contributed by atoms with Gasteiger partial charge in [0.1, 0.15) is 24.4 Å². The summed E-state index contributed by atoms with van der Waals surface area (Å²) in [6.45, 7) is 3.56. The first kappa shape index (κ1) is 23.3. The molecule has 0 bridgehead atoms. The van der Waals surface area contributed by atoms with E-state index < -0.39 is 37.3 Å². The molecule has 0 saturated carbocycles. The number of carbonyl (C=O) groups is 1. The first-order valence-electron chi connectivity index (χ1n) is 10.0. The Labute approximate surface area is 157 Å². The second-order valence-corrected chi connectivity index (χ2v) is 7.13. The number of carbonyl (C=O) groups excluding carboxylic acids is 1. The summed E-state index contributed by atoms with van der Waals surface area (Å²) in [5.74, 6) is -0.344. The van der Waals surface area contributed by atoms with Crippen LogP contribution in [0, 0.1) is 0 Å². The summed E-state index contributed by atoms with van der Waals surface area (Å²) < 4.78 is 11.2. The van der Waals surface area contributed by atoms with E-state index in [1.807, 2.05) is 0 Å². The van der Waals surface area contributed by atoms with Gasteiger partial charge in [-0.2, -0.15) is 0 Å². The van der Waals surface area contributed by atoms with E-state index in [4.69, 9.17) is 9.47 Å². The average Bonchev–Trinajstić information content (AvgIpc) is 2.62. The highest BCUT2D eigenvalue weighted by Crippen LogP contribution is 2.22. The Kier molecular flexibility index (Phi) is 12.0. The van der Waals surface area contributed by atoms with Crippen LogP contribution in [0.2, 0.25) is 0 Å². The van der Waals surface area contributed by atoms with Crippen molar-refractivity contribution in [3.63, 3.8) is 0 Å². The van der Waals surface area contributed by atoms with Crippen molar-refractivity contribution < 1.29 is 29.6 Å². The van der Waals surface area contributed by atoms with Crippen molar-refractivity contribution in [2.45, 2.75) is 102 Å². The maximum absolute atomic E-state index is 11.3. The van der Waals surface area contributed by atoms with Crippen LogP contribution < -0.4 is 5.32 Å². The van der Waals surface area contributed by atoms with Crippen LogP contribution >= 0.6 is 0 Å². The minimum atomic E-state index is -1.27. The molecule has 26 heavy (non-hydrogen) atoms. The molecule has 0 unspecified atom stereocenters. The van der Waals surface area contributed by atoms with E-state index >= 15 is 0 Å². The van der Waals surface area contributed by atoms with Gasteiger partial charge in [-0.3, -0.25) is 4.79 Å². The number of ether oxygens (including phenoxy) is 2. The van der Waals surface area contributed by atoms with Gasteiger partial charge in [-0.05, 0) is 6.42 Å². The standard InChI is InChI=1S/C19H37NO6/c1-3-4-5-6-7-8-9-10-11-12-25-19-16(20-14(2)22)18(24)17(23)15(13-21)26-19/h15-19,21,23-24H,3-13H2,1-2H3,(H,20,22)/t15-,16-,17-,18-,19-/m0/s1. The summed E-state index contributed by atoms with van der Waals surface area (Å²) in [5, 5.41) is 32.0. The maximum atomic E-state index is 11.3. The van der Waals surface area contributed by atoms with Gasteiger partial charge in [0.2, 0.25) is 5.91 Å². The predicted octanol–water partition coefficient (Wildman–Crippen LogP) is 1.48. The Morgan fingerprint density at radius 3 is 2.12 bits per heavy atom. The van der Waals surface area contributed by atoms with E-state index in [0.29, 0.717) is 6.61 Å². The van der Waals surface area contributed by atoms with Crippen LogP contribution in [-0.4, -0.2) is 65.1 Å². The van der Waals surface area contributed by atoms with Crippen molar-refractivity contribution >= 4 is 5.91 Å². The molecule has 1 fully saturated rings. The van der Waals surface area contributed by atoms with E-state index in [9.17, 15) is 20.1 Å². The van der Waals surface area contributed by atoms with Crippen LogP contribution in [0.3, 0.4) is 0 Å². The minimum absolute atomic E-state index is 0.344. The fourth-order valence-corrected chi connectivity index (χ4v) is 3.23. The average molecular weight is 376 g/mol. The van der Waals surface area contributed by atoms with Crippen molar-refractivity contribution in [1.82, 2.24) is 5.32 Å². The van der Waals surface area contributed by atoms with E-state index in [0.717, 1.165) is 19.3 Å². The van der Waals surface area contributed by atoms with Gasteiger partial charge >= 0.3 is 0 Å². The molecule has 0 aromatic carbocycles. The zero-order chi connectivity index (χ0) is 19.4. The van der Waals surface area contributed by atoms with Crippen LogP contribution in [0.4, 0.5) is 0 Å². The zero-order valence-corrected chi connectivity index (χ0v) is 16.2. The molecule has 1 aliphatic rings. The molecule has 1 amide bonds. The number of hydrogen-bond acceptors (Lipinski definition) is 6. The second kappa shape index (κ2) is 13.4. The summed E-state index contributed by atoms with van der Waals surface area (Å²) in [7, 11) is 0. The van der Waals surface area contributed by atoms with Crippen LogP contribution in [0.5, 0.6) is 0 Å². The van der Waals surface area contributed by atoms with Crippen LogP contribution in [0.25, 0.3) is 0 Å². The smallest absolute Gasteiger partial charge is 0.217 e. The molecule has 1 saturated heterocycles. The van der Waals surface area contributed by atoms with Crippen molar-refractivity contribution in [2.24, 2.45) is 0 Å². The predicted molar refractivity (Wildman–Crippen MR) is 98.5 cm³/mol. The van der Waals surface area contributed by atoms with Crippen LogP contribution in [-0.2, 0) is 14.3 Å². The molecule has 0 aliphatic carbocycles. The number of hydrogen-bond donors (Lipinski definition) is 4. The third kappa shape index (κ3) is 8.31. The summed E-state index contributed by atoms with van der Waals surface area (Å²) in [5.41, 5.74) is 0. The number of unbranched alkanes of at least 4 members (excludes halogenated alkanes) is 8. The molecule has 4 N–H and O–H groups in total. The Morgan fingerprint density at radius 2 is 1.58 bits per heavy atom. The summed E-state index contributed by atoms with van der Waals surface area (Å²) in [4.78, 5) is 11.3. The molecular weight excluding hydrogens is 338 g/mol. The number of amides is 1. The van der Waals surface area contributed by atoms with Gasteiger partial charge < -0.3 is 30.1 Å². The van der Waals surface area contributed by atoms with Crippen LogP contribution in [0.1, 0.15) is 71.6 Å². The lowest BCUT2D eigenvalue weighted by Gasteiger charge is -2.42. The largest absolute Gasteiger partial charge is 0.394 e. The van der Waals surface area contributed by atoms with Gasteiger partial charge in [0.25, 0.3) is 0 Å². The highest BCUT2D eigenvalue weighted by atomic mass is 16.7. The molecule has 1 heterocycles. The van der Waals surface area contributed by atoms with E-state index in [-0.39, 0.29) is 5.91 Å². The topological polar surface area (TPSA) is 108 Å². The van der Waals surface area contributed by atoms with E-state index in [2.05, 4.69) is 12.2 Å². The molecule has 1 aliphatic heterocycles. The summed E-state index contributed by atoms with van der Waals surface area (Å²) in [6.07, 6.45) is 6.47. The Bertz CT molecular complexity index is 381. The lowest BCUT2D eigenvalue weighted by molar-refractivity contribution is -0.270. The molecule has 0 radical (unpaired) electrons. The Hall–Kier alpha value is -0.730. The molecule has 7 heteroatoms. The van der Waals surface area contributed by atoms with Crippen molar-refractivity contribution in [2.75, 3.05) is 13.2 Å². The van der Waals surface area contributed by atoms with Gasteiger partial charge in [-0.15, -0.1) is 0 Å². The van der Waals surface area contributed by atoms with Crippen molar-refractivity contribution in [3.8, 4) is 0 Å². The first-order valence-corrected chi connectivity index (χ1v) is 10.0. The first-order chi connectivity index (χ1) is 12.5. The molecule has 0 spiro atoms. The number of rotatable bonds is 13. The molecular formula is C19H37NO6. The van der Waals surface area contributed by atoms with Gasteiger partial charge in [0.05, 0.1) is 6.61 Å². The summed E-state index contributed by atoms with van der Waals surface area (Å²) >= 11 is 0. The number of nitrogens with one attached hydrogen (secondary N) is 1. The summed E-state index contributed by atoms with van der Waals surface area (Å²) in [6, 6.07) is -0.858. The third-order valence-electron chi connectivity index (χ3n) is 4.78. The molecule has 154 valence electrons. The minimum Gasteiger partial charge on any atom is -0.394 e. The van der Waals surface area contributed by atoms with Gasteiger partial charge in [0.15, 0.2) is 6.29 Å². The number of aliphatic hydroxyl groups excluding tert-OH is 3. The third-order valence-corrected chi connectivity index (χ3v) is 4.78. The Morgan fingerprint density at radius 1 is 1.00 bits per heavy atom. The van der Waals surface area contributed by atoms with Gasteiger partial charge in [-0.1, -0.05) is 58.3 Å². The highest BCUT2D eigenvalue weighted by molar-refractivity contribution is 5.73. The van der Waals surface area contributed by atoms with Crippen molar-refractivity contribution in [1.29, 1.82) is 0 Å². The molecule has 1 rings (SSSR count). The monoisotopic (exact) mass is 375 g/mol. The molecule has 7 nitrogen and oxygen atoms in total. The van der Waals surface area contributed by atoms with Gasteiger partial charge in [-0.25, -0.2) is 0 Å². The second-order valence-electron chi connectivity index (χ2n) is 7.13. The molecule has 5 atom stereocenters. The van der Waals surface area contributed by atoms with E-state index in [1.54, 1.807) is 0 Å². The fourth-order valence-electron chi connectivity index (χ4n) is 3.23. The quantitative estimate of drug-likeness (QED) is 0.363. The lowest BCUT2D eigenvalue weighted by Crippen LogP contribution is -2.64. The molecule has 0 aromatic rings. The fraction of sp³-hybridized carbons (Fsp3) is 0.947.